The number of allylic oxidation sites excluding steroid dienone is 2. The van der Waals surface area contributed by atoms with Crippen LogP contribution in [0.5, 0.6) is 0 Å². The van der Waals surface area contributed by atoms with Crippen LogP contribution in [0.4, 0.5) is 5.69 Å². The van der Waals surface area contributed by atoms with Crippen LogP contribution < -0.4 is 11.5 Å². The summed E-state index contributed by atoms with van der Waals surface area (Å²) in [5.74, 6) is 0. The maximum atomic E-state index is 5.91. The van der Waals surface area contributed by atoms with Gasteiger partial charge in [0, 0.05) is 11.7 Å². The molecular formula is C13H14N2. The third-order valence-electron chi connectivity index (χ3n) is 3.20. The van der Waals surface area contributed by atoms with Crippen LogP contribution in [0.3, 0.4) is 0 Å². The van der Waals surface area contributed by atoms with Gasteiger partial charge < -0.3 is 11.5 Å². The molecule has 2 aliphatic carbocycles. The molecular weight excluding hydrogens is 184 g/mol. The highest BCUT2D eigenvalue weighted by molar-refractivity contribution is 5.84. The van der Waals surface area contributed by atoms with Gasteiger partial charge in [0.15, 0.2) is 0 Å². The Bertz CT molecular complexity index is 483. The Morgan fingerprint density at radius 2 is 2.13 bits per heavy atom. The molecule has 0 radical (unpaired) electrons. The molecule has 0 saturated carbocycles. The van der Waals surface area contributed by atoms with Crippen LogP contribution in [-0.2, 0) is 6.42 Å². The second-order valence-corrected chi connectivity index (χ2v) is 4.34. The third-order valence-corrected chi connectivity index (χ3v) is 3.20. The first kappa shape index (κ1) is 8.74. The highest BCUT2D eigenvalue weighted by Crippen LogP contribution is 2.38. The Balaban J connectivity index is 2.08. The van der Waals surface area contributed by atoms with Crippen molar-refractivity contribution < 1.29 is 0 Å². The minimum Gasteiger partial charge on any atom is -0.399 e. The molecule has 76 valence electrons. The van der Waals surface area contributed by atoms with Crippen molar-refractivity contribution in [2.45, 2.75) is 18.9 Å². The lowest BCUT2D eigenvalue weighted by Crippen LogP contribution is -2.19. The van der Waals surface area contributed by atoms with Crippen LogP contribution in [0.25, 0.3) is 5.57 Å². The number of nitrogen functional groups attached to an aromatic ring is 1. The second-order valence-electron chi connectivity index (χ2n) is 4.34. The Hall–Kier alpha value is -1.54. The fourth-order valence-corrected chi connectivity index (χ4v) is 2.50. The molecule has 0 bridgehead atoms. The summed E-state index contributed by atoms with van der Waals surface area (Å²) >= 11 is 0. The predicted molar refractivity (Wildman–Crippen MR) is 63.2 cm³/mol. The Morgan fingerprint density at radius 3 is 3.00 bits per heavy atom. The molecule has 1 atom stereocenters. The van der Waals surface area contributed by atoms with E-state index in [1.807, 2.05) is 6.07 Å². The molecule has 0 fully saturated rings. The molecule has 0 amide bonds. The van der Waals surface area contributed by atoms with Crippen LogP contribution in [0, 0.1) is 0 Å². The Labute approximate surface area is 89.3 Å². The summed E-state index contributed by atoms with van der Waals surface area (Å²) in [6, 6.07) is 6.36. The normalized spacial score (nSPS) is 22.9. The van der Waals surface area contributed by atoms with E-state index in [0.29, 0.717) is 0 Å². The van der Waals surface area contributed by atoms with Crippen molar-refractivity contribution in [3.63, 3.8) is 0 Å². The van der Waals surface area contributed by atoms with Crippen LogP contribution >= 0.6 is 0 Å². The van der Waals surface area contributed by atoms with Crippen molar-refractivity contribution in [3.8, 4) is 0 Å². The van der Waals surface area contributed by atoms with Gasteiger partial charge in [0.25, 0.3) is 0 Å². The predicted octanol–water partition coefficient (Wildman–Crippen LogP) is 1.87. The van der Waals surface area contributed by atoms with E-state index < -0.39 is 0 Å². The van der Waals surface area contributed by atoms with Crippen LogP contribution in [0.2, 0.25) is 0 Å². The van der Waals surface area contributed by atoms with E-state index in [9.17, 15) is 0 Å². The topological polar surface area (TPSA) is 52.0 Å². The zero-order valence-corrected chi connectivity index (χ0v) is 8.53. The van der Waals surface area contributed by atoms with Crippen molar-refractivity contribution in [3.05, 3.63) is 47.1 Å². The molecule has 0 spiro atoms. The van der Waals surface area contributed by atoms with Crippen LogP contribution in [-0.4, -0.2) is 6.04 Å². The molecule has 2 aliphatic rings. The van der Waals surface area contributed by atoms with Crippen molar-refractivity contribution in [1.82, 2.24) is 0 Å². The van der Waals surface area contributed by atoms with E-state index in [-0.39, 0.29) is 6.04 Å². The Morgan fingerprint density at radius 1 is 1.27 bits per heavy atom. The number of hydrogen-bond donors (Lipinski definition) is 2. The van der Waals surface area contributed by atoms with Crippen molar-refractivity contribution in [2.75, 3.05) is 5.73 Å². The lowest BCUT2D eigenvalue weighted by atomic mass is 9.95. The molecule has 1 aromatic carbocycles. The molecule has 2 nitrogen and oxygen atoms in total. The maximum Gasteiger partial charge on any atom is 0.0317 e. The van der Waals surface area contributed by atoms with Gasteiger partial charge in [-0.25, -0.2) is 0 Å². The number of fused-ring (bicyclic) bond motifs is 2. The summed E-state index contributed by atoms with van der Waals surface area (Å²) in [5, 5.41) is 0. The van der Waals surface area contributed by atoms with E-state index in [1.54, 1.807) is 0 Å². The van der Waals surface area contributed by atoms with E-state index in [2.05, 4.69) is 24.3 Å². The summed E-state index contributed by atoms with van der Waals surface area (Å²) in [5.41, 5.74) is 18.1. The first-order valence-electron chi connectivity index (χ1n) is 5.28. The molecule has 3 rings (SSSR count). The fourth-order valence-electron chi connectivity index (χ4n) is 2.50. The standard InChI is InChI=1S/C13H14N2/c14-10-1-3-12-8(6-10)5-9-7-11(15)2-4-13(9)12/h1-4,6,11H,5,7,14-15H2. The van der Waals surface area contributed by atoms with Crippen molar-refractivity contribution in [2.24, 2.45) is 5.73 Å². The minimum atomic E-state index is 0.190. The summed E-state index contributed by atoms with van der Waals surface area (Å²) in [4.78, 5) is 0. The second kappa shape index (κ2) is 2.97. The highest BCUT2D eigenvalue weighted by atomic mass is 14.6. The molecule has 1 unspecified atom stereocenters. The number of nitrogens with two attached hydrogens (primary N) is 2. The van der Waals surface area contributed by atoms with E-state index in [4.69, 9.17) is 11.5 Å². The average Bonchev–Trinajstić information content (AvgIpc) is 2.53. The highest BCUT2D eigenvalue weighted by Gasteiger charge is 2.23. The average molecular weight is 198 g/mol. The van der Waals surface area contributed by atoms with Crippen molar-refractivity contribution in [1.29, 1.82) is 0 Å². The zero-order chi connectivity index (χ0) is 10.4. The third kappa shape index (κ3) is 1.29. The molecule has 1 aromatic rings. The maximum absolute atomic E-state index is 5.91. The molecule has 0 aliphatic heterocycles. The SMILES string of the molecule is Nc1ccc2c(c1)CC1=C2C=CC(N)C1. The first-order valence-corrected chi connectivity index (χ1v) is 5.28. The molecule has 4 N–H and O–H groups in total. The quantitative estimate of drug-likeness (QED) is 0.625. The Kier molecular flexibility index (Phi) is 1.73. The van der Waals surface area contributed by atoms with Crippen LogP contribution in [0.1, 0.15) is 17.5 Å². The van der Waals surface area contributed by atoms with Gasteiger partial charge >= 0.3 is 0 Å². The van der Waals surface area contributed by atoms with Gasteiger partial charge in [-0.1, -0.05) is 23.8 Å². The molecule has 15 heavy (non-hydrogen) atoms. The van der Waals surface area contributed by atoms with Crippen LogP contribution in [0.15, 0.2) is 35.9 Å². The van der Waals surface area contributed by atoms with Gasteiger partial charge in [-0.05, 0) is 41.7 Å². The molecule has 0 aromatic heterocycles. The minimum absolute atomic E-state index is 0.190. The number of hydrogen-bond acceptors (Lipinski definition) is 2. The lowest BCUT2D eigenvalue weighted by molar-refractivity contribution is 0.782. The van der Waals surface area contributed by atoms with Gasteiger partial charge in [-0.3, -0.25) is 0 Å². The summed E-state index contributed by atoms with van der Waals surface area (Å²) in [6.07, 6.45) is 6.25. The summed E-state index contributed by atoms with van der Waals surface area (Å²) in [7, 11) is 0. The summed E-state index contributed by atoms with van der Waals surface area (Å²) in [6.45, 7) is 0. The molecule has 0 saturated heterocycles. The number of anilines is 1. The van der Waals surface area contributed by atoms with E-state index in [1.165, 1.54) is 22.3 Å². The van der Waals surface area contributed by atoms with Crippen molar-refractivity contribution >= 4 is 11.3 Å². The van der Waals surface area contributed by atoms with Gasteiger partial charge in [-0.2, -0.15) is 0 Å². The van der Waals surface area contributed by atoms with Gasteiger partial charge in [0.2, 0.25) is 0 Å². The molecule has 2 heteroatoms. The zero-order valence-electron chi connectivity index (χ0n) is 8.53. The van der Waals surface area contributed by atoms with E-state index in [0.717, 1.165) is 18.5 Å². The number of rotatable bonds is 0. The van der Waals surface area contributed by atoms with Gasteiger partial charge in [-0.15, -0.1) is 0 Å². The summed E-state index contributed by atoms with van der Waals surface area (Å²) < 4.78 is 0. The monoisotopic (exact) mass is 198 g/mol. The largest absolute Gasteiger partial charge is 0.399 e. The molecule has 0 heterocycles. The first-order chi connectivity index (χ1) is 7.24. The van der Waals surface area contributed by atoms with Gasteiger partial charge in [0.05, 0.1) is 0 Å². The number of benzene rings is 1. The van der Waals surface area contributed by atoms with Gasteiger partial charge in [0.1, 0.15) is 0 Å². The van der Waals surface area contributed by atoms with E-state index >= 15 is 0 Å². The lowest BCUT2D eigenvalue weighted by Gasteiger charge is -2.14. The fraction of sp³-hybridized carbons (Fsp3) is 0.231. The smallest absolute Gasteiger partial charge is 0.0317 e.